The molecule has 1 aliphatic rings. The van der Waals surface area contributed by atoms with Gasteiger partial charge in [0, 0.05) is 0 Å². The Labute approximate surface area is 41.1 Å². The number of hydrogen-bond acceptors (Lipinski definition) is 4. The summed E-state index contributed by atoms with van der Waals surface area (Å²) < 4.78 is 8.98. The Kier molecular flexibility index (Phi) is 1.02. The molecule has 0 saturated heterocycles. The number of hydrazone groups is 1. The van der Waals surface area contributed by atoms with E-state index in [2.05, 4.69) is 26.7 Å². The van der Waals surface area contributed by atoms with Gasteiger partial charge in [-0.25, -0.2) is 0 Å². The molecule has 7 heavy (non-hydrogen) atoms. The van der Waals surface area contributed by atoms with Crippen molar-refractivity contribution in [1.29, 1.82) is 0 Å². The van der Waals surface area contributed by atoms with E-state index in [4.69, 9.17) is 0 Å². The number of ether oxygens (including phenoxy) is 2. The van der Waals surface area contributed by atoms with Crippen LogP contribution >= 0.6 is 0 Å². The number of nitrogens with one attached hydrogen (secondary N) is 1. The summed E-state index contributed by atoms with van der Waals surface area (Å²) in [6.45, 7) is 2.24. The zero-order valence-electron chi connectivity index (χ0n) is 3.76. The largest absolute Gasteiger partial charge is 0.453 e. The molecule has 1 rings (SSSR count). The van der Waals surface area contributed by atoms with E-state index < -0.39 is 0 Å². The first-order valence-electron chi connectivity index (χ1n) is 1.72. The minimum Gasteiger partial charge on any atom is -0.453 e. The van der Waals surface area contributed by atoms with Gasteiger partial charge in [0.15, 0.2) is 0 Å². The highest BCUT2D eigenvalue weighted by Crippen LogP contribution is 1.90. The van der Waals surface area contributed by atoms with Gasteiger partial charge in [-0.2, -0.15) is 0 Å². The molecule has 0 spiro atoms. The maximum Gasteiger partial charge on any atom is 0.407 e. The predicted molar refractivity (Wildman–Crippen MR) is 21.9 cm³/mol. The molecule has 0 unspecified atom stereocenters. The zero-order valence-corrected chi connectivity index (χ0v) is 3.76. The van der Waals surface area contributed by atoms with Crippen LogP contribution in [0.15, 0.2) is 5.10 Å². The third-order valence-electron chi connectivity index (χ3n) is 0.506. The van der Waals surface area contributed by atoms with Gasteiger partial charge < -0.3 is 9.47 Å². The lowest BCUT2D eigenvalue weighted by Crippen LogP contribution is -1.97. The van der Waals surface area contributed by atoms with E-state index >= 15 is 0 Å². The molecule has 0 fully saturated rings. The fourth-order valence-corrected chi connectivity index (χ4v) is 0.245. The van der Waals surface area contributed by atoms with Crippen LogP contribution in [0.5, 0.6) is 0 Å². The summed E-state index contributed by atoms with van der Waals surface area (Å²) in [6.07, 6.45) is 0.194. The molecule has 0 amide bonds. The molecule has 1 heterocycles. The molecule has 2 radical (unpaired) electrons. The van der Waals surface area contributed by atoms with Crippen molar-refractivity contribution in [3.63, 3.8) is 0 Å². The van der Waals surface area contributed by atoms with Crippen LogP contribution in [0.2, 0.25) is 0 Å². The zero-order chi connectivity index (χ0) is 5.11. The molecule has 4 nitrogen and oxygen atoms in total. The Morgan fingerprint density at radius 2 is 2.86 bits per heavy atom. The maximum absolute atomic E-state index is 4.51. The molecule has 0 bridgehead atoms. The summed E-state index contributed by atoms with van der Waals surface area (Å²) in [7, 11) is 1.47. The van der Waals surface area contributed by atoms with Crippen molar-refractivity contribution in [1.82, 2.24) is 5.43 Å². The molecule has 0 saturated carbocycles. The third kappa shape index (κ3) is 0.734. The lowest BCUT2D eigenvalue weighted by atomic mass is 11.2. The Balaban J connectivity index is 2.36. The normalized spacial score (nSPS) is 17.0. The minimum absolute atomic E-state index is 0.194. The Hall–Kier alpha value is -0.930. The highest BCUT2D eigenvalue weighted by atomic mass is 16.7. The molecule has 38 valence electrons. The first-order valence-corrected chi connectivity index (χ1v) is 1.72. The van der Waals surface area contributed by atoms with Crippen molar-refractivity contribution >= 4 is 6.08 Å². The van der Waals surface area contributed by atoms with Crippen molar-refractivity contribution in [2.75, 3.05) is 7.11 Å². The van der Waals surface area contributed by atoms with Gasteiger partial charge in [-0.05, 0) is 0 Å². The van der Waals surface area contributed by atoms with Gasteiger partial charge in [0.05, 0.1) is 7.11 Å². The summed E-state index contributed by atoms with van der Waals surface area (Å²) in [5.41, 5.74) is 2.31. The van der Waals surface area contributed by atoms with Crippen LogP contribution in [0, 0.1) is 6.73 Å². The Bertz CT molecular complexity index is 90.9. The second kappa shape index (κ2) is 1.68. The number of hydrogen-bond donors (Lipinski definition) is 1. The van der Waals surface area contributed by atoms with Gasteiger partial charge in [-0.3, -0.25) is 5.43 Å². The topological polar surface area (TPSA) is 42.8 Å². The molecule has 0 aliphatic carbocycles. The van der Waals surface area contributed by atoms with Crippen molar-refractivity contribution in [2.24, 2.45) is 5.10 Å². The molecule has 0 atom stereocenters. The van der Waals surface area contributed by atoms with Crippen LogP contribution in [-0.2, 0) is 9.47 Å². The molecule has 1 N–H and O–H groups in total. The van der Waals surface area contributed by atoms with Gasteiger partial charge in [-0.1, -0.05) is 0 Å². The van der Waals surface area contributed by atoms with E-state index in [9.17, 15) is 0 Å². The van der Waals surface area contributed by atoms with Crippen LogP contribution in [0.3, 0.4) is 0 Å². The summed E-state index contributed by atoms with van der Waals surface area (Å²) >= 11 is 0. The first kappa shape index (κ1) is 4.23. The van der Waals surface area contributed by atoms with Gasteiger partial charge in [0.25, 0.3) is 0 Å². The van der Waals surface area contributed by atoms with Gasteiger partial charge >= 0.3 is 12.8 Å². The fraction of sp³-hybridized carbons (Fsp3) is 0.333. The van der Waals surface area contributed by atoms with Crippen LogP contribution in [0.1, 0.15) is 0 Å². The van der Waals surface area contributed by atoms with Crippen LogP contribution in [-0.4, -0.2) is 13.2 Å². The number of nitrogens with zero attached hydrogens (tertiary/aromatic N) is 1. The molecular weight excluding hydrogens is 96.0 g/mol. The molecule has 4 heteroatoms. The first-order chi connectivity index (χ1) is 3.43. The molecule has 0 aromatic heterocycles. The van der Waals surface area contributed by atoms with E-state index in [-0.39, 0.29) is 6.08 Å². The van der Waals surface area contributed by atoms with E-state index in [1.54, 1.807) is 0 Å². The van der Waals surface area contributed by atoms with Gasteiger partial charge in [0.1, 0.15) is 0 Å². The van der Waals surface area contributed by atoms with Gasteiger partial charge in [-0.15, -0.1) is 5.10 Å². The fourth-order valence-electron chi connectivity index (χ4n) is 0.245. The SMILES string of the molecule is COC1=NN[C]O1. The monoisotopic (exact) mass is 100 g/mol. The molecule has 0 aromatic carbocycles. The van der Waals surface area contributed by atoms with Crippen LogP contribution < -0.4 is 5.43 Å². The summed E-state index contributed by atoms with van der Waals surface area (Å²) in [5.74, 6) is 0. The van der Waals surface area contributed by atoms with E-state index in [0.29, 0.717) is 0 Å². The molecule has 1 aliphatic heterocycles. The van der Waals surface area contributed by atoms with Crippen molar-refractivity contribution in [3.05, 3.63) is 6.73 Å². The highest BCUT2D eigenvalue weighted by Gasteiger charge is 2.05. The smallest absolute Gasteiger partial charge is 0.407 e. The Morgan fingerprint density at radius 1 is 2.00 bits per heavy atom. The van der Waals surface area contributed by atoms with E-state index in [1.165, 1.54) is 7.11 Å². The Morgan fingerprint density at radius 3 is 3.14 bits per heavy atom. The number of methoxy groups -OCH3 is 1. The lowest BCUT2D eigenvalue weighted by Gasteiger charge is -1.90. The van der Waals surface area contributed by atoms with Crippen molar-refractivity contribution < 1.29 is 9.47 Å². The van der Waals surface area contributed by atoms with Crippen LogP contribution in [0.25, 0.3) is 0 Å². The van der Waals surface area contributed by atoms with Gasteiger partial charge in [0.2, 0.25) is 0 Å². The summed E-state index contributed by atoms with van der Waals surface area (Å²) in [6, 6.07) is 0. The van der Waals surface area contributed by atoms with E-state index in [1.807, 2.05) is 0 Å². The van der Waals surface area contributed by atoms with Crippen molar-refractivity contribution in [2.45, 2.75) is 0 Å². The second-order valence-corrected chi connectivity index (χ2v) is 0.898. The number of rotatable bonds is 0. The minimum atomic E-state index is 0.194. The van der Waals surface area contributed by atoms with Crippen LogP contribution in [0.4, 0.5) is 0 Å². The summed E-state index contributed by atoms with van der Waals surface area (Å²) in [5, 5.41) is 3.47. The van der Waals surface area contributed by atoms with E-state index in [0.717, 1.165) is 0 Å². The van der Waals surface area contributed by atoms with Crippen molar-refractivity contribution in [3.8, 4) is 0 Å². The highest BCUT2D eigenvalue weighted by molar-refractivity contribution is 5.67. The third-order valence-corrected chi connectivity index (χ3v) is 0.506. The lowest BCUT2D eigenvalue weighted by molar-refractivity contribution is 0.259. The standard InChI is InChI=1S/C3H4N2O2/c1-6-3-5-4-2-7-3/h4H,1H3. The quantitative estimate of drug-likeness (QED) is 0.447. The summed E-state index contributed by atoms with van der Waals surface area (Å²) in [4.78, 5) is 0. The second-order valence-electron chi connectivity index (χ2n) is 0.898. The predicted octanol–water partition coefficient (Wildman–Crippen LogP) is -0.480. The molecular formula is C3H4N2O2. The maximum atomic E-state index is 4.51. The average Bonchev–Trinajstić information content (AvgIpc) is 2.14. The molecule has 0 aromatic rings. The average molecular weight is 100 g/mol.